The number of aromatic nitrogens is 1. The molecule has 0 aromatic carbocycles. The number of carbonyl (C=O) groups excluding carboxylic acids is 2. The fraction of sp³-hybridized carbons (Fsp3) is 0.688. The SMILES string of the molecule is CCCN(CCC)Cc1cc(C(=O)NC(C)(C)CC(N)=O)no1. The van der Waals surface area contributed by atoms with Crippen LogP contribution in [-0.2, 0) is 11.3 Å². The highest BCUT2D eigenvalue weighted by Crippen LogP contribution is 2.12. The zero-order valence-corrected chi connectivity index (χ0v) is 14.5. The molecule has 0 saturated heterocycles. The third-order valence-electron chi connectivity index (χ3n) is 3.32. The van der Waals surface area contributed by atoms with Gasteiger partial charge in [0.25, 0.3) is 5.91 Å². The summed E-state index contributed by atoms with van der Waals surface area (Å²) in [6, 6.07) is 1.65. The second-order valence-electron chi connectivity index (χ2n) is 6.44. The van der Waals surface area contributed by atoms with E-state index in [0.29, 0.717) is 12.3 Å². The Bertz CT molecular complexity index is 519. The molecule has 2 amide bonds. The minimum absolute atomic E-state index is 0.0597. The Balaban J connectivity index is 2.67. The molecule has 0 unspecified atom stereocenters. The zero-order chi connectivity index (χ0) is 17.5. The average Bonchev–Trinajstić information content (AvgIpc) is 2.85. The van der Waals surface area contributed by atoms with Crippen molar-refractivity contribution in [3.8, 4) is 0 Å². The molecule has 0 aliphatic carbocycles. The van der Waals surface area contributed by atoms with Crippen LogP contribution < -0.4 is 11.1 Å². The van der Waals surface area contributed by atoms with Crippen molar-refractivity contribution in [3.63, 3.8) is 0 Å². The van der Waals surface area contributed by atoms with E-state index < -0.39 is 11.4 Å². The van der Waals surface area contributed by atoms with Gasteiger partial charge >= 0.3 is 0 Å². The lowest BCUT2D eigenvalue weighted by atomic mass is 10.00. The van der Waals surface area contributed by atoms with E-state index in [2.05, 4.69) is 29.2 Å². The fourth-order valence-corrected chi connectivity index (χ4v) is 2.47. The monoisotopic (exact) mass is 324 g/mol. The maximum Gasteiger partial charge on any atom is 0.273 e. The molecule has 0 atom stereocenters. The molecule has 1 heterocycles. The maximum atomic E-state index is 12.2. The van der Waals surface area contributed by atoms with Crippen molar-refractivity contribution in [2.24, 2.45) is 5.73 Å². The number of amides is 2. The third kappa shape index (κ3) is 6.81. The van der Waals surface area contributed by atoms with E-state index in [1.807, 2.05) is 0 Å². The first-order valence-corrected chi connectivity index (χ1v) is 8.06. The van der Waals surface area contributed by atoms with Crippen LogP contribution in [0.4, 0.5) is 0 Å². The van der Waals surface area contributed by atoms with Gasteiger partial charge in [-0.05, 0) is 39.8 Å². The van der Waals surface area contributed by atoms with Crippen LogP contribution in [0.3, 0.4) is 0 Å². The van der Waals surface area contributed by atoms with Gasteiger partial charge in [-0.2, -0.15) is 0 Å². The van der Waals surface area contributed by atoms with Crippen molar-refractivity contribution < 1.29 is 14.1 Å². The Morgan fingerprint density at radius 2 is 1.91 bits per heavy atom. The van der Waals surface area contributed by atoms with E-state index in [1.54, 1.807) is 19.9 Å². The number of nitrogens with one attached hydrogen (secondary N) is 1. The van der Waals surface area contributed by atoms with Gasteiger partial charge in [-0.3, -0.25) is 14.5 Å². The van der Waals surface area contributed by atoms with Crippen LogP contribution in [-0.4, -0.2) is 40.5 Å². The van der Waals surface area contributed by atoms with Crippen LogP contribution in [0.25, 0.3) is 0 Å². The number of carbonyl (C=O) groups is 2. The van der Waals surface area contributed by atoms with Crippen molar-refractivity contribution >= 4 is 11.8 Å². The number of primary amides is 1. The first-order chi connectivity index (χ1) is 10.8. The molecule has 3 N–H and O–H groups in total. The van der Waals surface area contributed by atoms with Gasteiger partial charge in [-0.25, -0.2) is 0 Å². The van der Waals surface area contributed by atoms with E-state index in [-0.39, 0.29) is 18.0 Å². The molecule has 1 aromatic heterocycles. The highest BCUT2D eigenvalue weighted by molar-refractivity contribution is 5.93. The summed E-state index contributed by atoms with van der Waals surface area (Å²) in [5.74, 6) is -0.181. The maximum absolute atomic E-state index is 12.2. The number of hydrogen-bond donors (Lipinski definition) is 2. The second kappa shape index (κ2) is 8.67. The Hall–Kier alpha value is -1.89. The molecular weight excluding hydrogens is 296 g/mol. The molecule has 0 bridgehead atoms. The van der Waals surface area contributed by atoms with Crippen LogP contribution in [0.15, 0.2) is 10.6 Å². The third-order valence-corrected chi connectivity index (χ3v) is 3.32. The molecule has 0 aliphatic rings. The lowest BCUT2D eigenvalue weighted by molar-refractivity contribution is -0.119. The summed E-state index contributed by atoms with van der Waals surface area (Å²) < 4.78 is 5.26. The first-order valence-electron chi connectivity index (χ1n) is 8.06. The minimum atomic E-state index is -0.724. The van der Waals surface area contributed by atoms with Crippen molar-refractivity contribution in [3.05, 3.63) is 17.5 Å². The van der Waals surface area contributed by atoms with Crippen LogP contribution in [0.5, 0.6) is 0 Å². The molecule has 7 nitrogen and oxygen atoms in total. The number of nitrogens with two attached hydrogens (primary N) is 1. The average molecular weight is 324 g/mol. The number of nitrogens with zero attached hydrogens (tertiary/aromatic N) is 2. The molecule has 7 heteroatoms. The van der Waals surface area contributed by atoms with Crippen molar-refractivity contribution in [2.75, 3.05) is 13.1 Å². The van der Waals surface area contributed by atoms with Gasteiger partial charge in [0.2, 0.25) is 5.91 Å². The lowest BCUT2D eigenvalue weighted by Crippen LogP contribution is -2.46. The van der Waals surface area contributed by atoms with E-state index >= 15 is 0 Å². The molecule has 130 valence electrons. The van der Waals surface area contributed by atoms with E-state index in [0.717, 1.165) is 25.9 Å². The predicted octanol–water partition coefficient (Wildman–Crippen LogP) is 1.68. The molecule has 1 rings (SSSR count). The molecule has 0 radical (unpaired) electrons. The van der Waals surface area contributed by atoms with Crippen molar-refractivity contribution in [1.82, 2.24) is 15.4 Å². The Kier molecular flexibility index (Phi) is 7.22. The molecular formula is C16H28N4O3. The number of hydrogen-bond acceptors (Lipinski definition) is 5. The van der Waals surface area contributed by atoms with Gasteiger partial charge in [0.05, 0.1) is 6.54 Å². The molecule has 0 spiro atoms. The van der Waals surface area contributed by atoms with Crippen LogP contribution in [0.2, 0.25) is 0 Å². The highest BCUT2D eigenvalue weighted by atomic mass is 16.5. The van der Waals surface area contributed by atoms with Crippen LogP contribution >= 0.6 is 0 Å². The van der Waals surface area contributed by atoms with E-state index in [1.165, 1.54) is 0 Å². The fourth-order valence-electron chi connectivity index (χ4n) is 2.47. The molecule has 23 heavy (non-hydrogen) atoms. The van der Waals surface area contributed by atoms with Gasteiger partial charge < -0.3 is 15.6 Å². The normalized spacial score (nSPS) is 11.7. The second-order valence-corrected chi connectivity index (χ2v) is 6.44. The lowest BCUT2D eigenvalue weighted by Gasteiger charge is -2.23. The van der Waals surface area contributed by atoms with E-state index in [9.17, 15) is 9.59 Å². The first kappa shape index (κ1) is 19.2. The van der Waals surface area contributed by atoms with Gasteiger partial charge in [0.1, 0.15) is 0 Å². The van der Waals surface area contributed by atoms with E-state index in [4.69, 9.17) is 10.3 Å². The summed E-state index contributed by atoms with van der Waals surface area (Å²) in [7, 11) is 0. The van der Waals surface area contributed by atoms with Gasteiger partial charge in [0, 0.05) is 18.0 Å². The van der Waals surface area contributed by atoms with Crippen LogP contribution in [0, 0.1) is 0 Å². The van der Waals surface area contributed by atoms with Gasteiger partial charge in [0.15, 0.2) is 11.5 Å². The largest absolute Gasteiger partial charge is 0.370 e. The summed E-state index contributed by atoms with van der Waals surface area (Å²) in [5, 5.41) is 6.57. The van der Waals surface area contributed by atoms with Crippen molar-refractivity contribution in [1.29, 1.82) is 0 Å². The quantitative estimate of drug-likeness (QED) is 0.682. The summed E-state index contributed by atoms with van der Waals surface area (Å²) >= 11 is 0. The molecule has 0 aliphatic heterocycles. The molecule has 0 fully saturated rings. The minimum Gasteiger partial charge on any atom is -0.370 e. The van der Waals surface area contributed by atoms with Crippen molar-refractivity contribution in [2.45, 2.75) is 59.0 Å². The predicted molar refractivity (Wildman–Crippen MR) is 87.7 cm³/mol. The van der Waals surface area contributed by atoms with Crippen LogP contribution in [0.1, 0.15) is 63.2 Å². The highest BCUT2D eigenvalue weighted by Gasteiger charge is 2.25. The smallest absolute Gasteiger partial charge is 0.273 e. The van der Waals surface area contributed by atoms with Gasteiger partial charge in [-0.1, -0.05) is 19.0 Å². The standard InChI is InChI=1S/C16H28N4O3/c1-5-7-20(8-6-2)11-12-9-13(19-23-12)15(22)18-16(3,4)10-14(17)21/h9H,5-8,10-11H2,1-4H3,(H2,17,21)(H,18,22). The summed E-state index contributed by atoms with van der Waals surface area (Å²) in [6.45, 7) is 10.3. The molecule has 0 saturated carbocycles. The molecule has 1 aromatic rings. The summed E-state index contributed by atoms with van der Waals surface area (Å²) in [6.07, 6.45) is 2.18. The Morgan fingerprint density at radius 3 is 2.43 bits per heavy atom. The summed E-state index contributed by atoms with van der Waals surface area (Å²) in [4.78, 5) is 25.5. The van der Waals surface area contributed by atoms with Gasteiger partial charge in [-0.15, -0.1) is 0 Å². The topological polar surface area (TPSA) is 101 Å². The Labute approximate surface area is 137 Å². The number of rotatable bonds is 10. The summed E-state index contributed by atoms with van der Waals surface area (Å²) in [5.41, 5.74) is 4.67. The zero-order valence-electron chi connectivity index (χ0n) is 14.5. The Morgan fingerprint density at radius 1 is 1.30 bits per heavy atom.